The second-order valence-corrected chi connectivity index (χ2v) is 6.06. The number of rotatable bonds is 4. The van der Waals surface area contributed by atoms with Crippen molar-refractivity contribution in [2.75, 3.05) is 7.11 Å². The van der Waals surface area contributed by atoms with Crippen molar-refractivity contribution in [3.05, 3.63) is 29.6 Å². The zero-order valence-corrected chi connectivity index (χ0v) is 14.1. The molecule has 140 valence electrons. The summed E-state index contributed by atoms with van der Waals surface area (Å²) in [6.07, 6.45) is 0.657. The van der Waals surface area contributed by atoms with Gasteiger partial charge in [-0.15, -0.1) is 10.2 Å². The Kier molecular flexibility index (Phi) is 5.10. The minimum Gasteiger partial charge on any atom is -0.480 e. The maximum absolute atomic E-state index is 13.6. The van der Waals surface area contributed by atoms with Crippen molar-refractivity contribution in [2.45, 2.75) is 44.3 Å². The quantitative estimate of drug-likeness (QED) is 0.896. The van der Waals surface area contributed by atoms with Crippen LogP contribution in [0.5, 0.6) is 5.88 Å². The van der Waals surface area contributed by atoms with E-state index >= 15 is 0 Å². The van der Waals surface area contributed by atoms with Crippen LogP contribution in [0.25, 0.3) is 5.82 Å². The van der Waals surface area contributed by atoms with Crippen LogP contribution in [0.1, 0.15) is 48.2 Å². The van der Waals surface area contributed by atoms with Crippen molar-refractivity contribution >= 4 is 5.91 Å². The molecule has 2 aromatic rings. The number of ether oxygens (including phenoxy) is 1. The first-order chi connectivity index (χ1) is 12.4. The Labute approximate surface area is 147 Å². The molecule has 0 aromatic carbocycles. The number of nitrogens with one attached hydrogen (secondary N) is 1. The zero-order valence-electron chi connectivity index (χ0n) is 14.1. The first-order valence-corrected chi connectivity index (χ1v) is 8.24. The number of nitrogens with zero attached hydrogens (tertiary/aromatic N) is 4. The van der Waals surface area contributed by atoms with Gasteiger partial charge in [-0.3, -0.25) is 4.79 Å². The Bertz CT molecular complexity index is 767. The molecule has 0 bridgehead atoms. The average Bonchev–Trinajstić information content (AvgIpc) is 3.08. The lowest BCUT2D eigenvalue weighted by atomic mass is 9.95. The number of methoxy groups -OCH3 is 1. The maximum atomic E-state index is 13.6. The molecule has 1 aliphatic rings. The Hall–Kier alpha value is -2.65. The first kappa shape index (κ1) is 18.2. The normalized spacial score (nSPS) is 15.7. The summed E-state index contributed by atoms with van der Waals surface area (Å²) in [5.74, 6) is -0.781. The van der Waals surface area contributed by atoms with Crippen LogP contribution in [0.2, 0.25) is 0 Å². The van der Waals surface area contributed by atoms with Crippen molar-refractivity contribution in [3.8, 4) is 11.7 Å². The molecular weight excluding hydrogens is 351 g/mol. The summed E-state index contributed by atoms with van der Waals surface area (Å²) < 4.78 is 46.2. The van der Waals surface area contributed by atoms with Crippen molar-refractivity contribution in [1.29, 1.82) is 0 Å². The van der Waals surface area contributed by atoms with Gasteiger partial charge in [0.15, 0.2) is 11.5 Å². The van der Waals surface area contributed by atoms with E-state index in [9.17, 15) is 18.0 Å². The third kappa shape index (κ3) is 3.78. The fourth-order valence-corrected chi connectivity index (χ4v) is 3.01. The van der Waals surface area contributed by atoms with Gasteiger partial charge >= 0.3 is 6.18 Å². The fraction of sp³-hybridized carbons (Fsp3) is 0.500. The average molecular weight is 369 g/mol. The molecule has 10 heteroatoms. The summed E-state index contributed by atoms with van der Waals surface area (Å²) in [7, 11) is 1.37. The molecule has 1 amide bonds. The number of amides is 1. The van der Waals surface area contributed by atoms with E-state index in [0.29, 0.717) is 4.68 Å². The minimum atomic E-state index is -4.78. The molecule has 2 heterocycles. The van der Waals surface area contributed by atoms with Crippen LogP contribution in [-0.2, 0) is 6.18 Å². The molecule has 0 spiro atoms. The maximum Gasteiger partial charge on any atom is 0.434 e. The van der Waals surface area contributed by atoms with Gasteiger partial charge in [0.25, 0.3) is 5.91 Å². The van der Waals surface area contributed by atoms with Crippen LogP contribution in [0.15, 0.2) is 18.3 Å². The molecule has 2 aromatic heterocycles. The van der Waals surface area contributed by atoms with E-state index in [1.54, 1.807) is 0 Å². The summed E-state index contributed by atoms with van der Waals surface area (Å²) >= 11 is 0. The Balaban J connectivity index is 1.92. The van der Waals surface area contributed by atoms with Gasteiger partial charge in [0.05, 0.1) is 18.9 Å². The molecular formula is C16H18F3N5O2. The summed E-state index contributed by atoms with van der Waals surface area (Å²) in [4.78, 5) is 12.4. The van der Waals surface area contributed by atoms with Gasteiger partial charge in [-0.1, -0.05) is 19.3 Å². The predicted molar refractivity (Wildman–Crippen MR) is 85.0 cm³/mol. The van der Waals surface area contributed by atoms with Crippen molar-refractivity contribution < 1.29 is 22.7 Å². The molecule has 3 rings (SSSR count). The Morgan fingerprint density at radius 1 is 1.23 bits per heavy atom. The molecule has 7 nitrogen and oxygen atoms in total. The van der Waals surface area contributed by atoms with E-state index in [1.165, 1.54) is 19.2 Å². The third-order valence-electron chi connectivity index (χ3n) is 4.27. The number of hydrogen-bond acceptors (Lipinski definition) is 5. The van der Waals surface area contributed by atoms with E-state index in [2.05, 4.69) is 20.6 Å². The first-order valence-electron chi connectivity index (χ1n) is 8.24. The largest absolute Gasteiger partial charge is 0.480 e. The van der Waals surface area contributed by atoms with Gasteiger partial charge in [0, 0.05) is 12.1 Å². The van der Waals surface area contributed by atoms with E-state index in [0.717, 1.165) is 38.3 Å². The Morgan fingerprint density at radius 2 is 1.96 bits per heavy atom. The highest BCUT2D eigenvalue weighted by Gasteiger charge is 2.41. The summed E-state index contributed by atoms with van der Waals surface area (Å²) in [5, 5.41) is 13.7. The van der Waals surface area contributed by atoms with Crippen LogP contribution in [0.4, 0.5) is 13.2 Å². The monoisotopic (exact) mass is 369 g/mol. The van der Waals surface area contributed by atoms with Crippen LogP contribution in [0.3, 0.4) is 0 Å². The van der Waals surface area contributed by atoms with Crippen molar-refractivity contribution in [1.82, 2.24) is 25.3 Å². The van der Waals surface area contributed by atoms with E-state index in [4.69, 9.17) is 4.74 Å². The molecule has 1 fully saturated rings. The number of alkyl halides is 3. The van der Waals surface area contributed by atoms with E-state index < -0.39 is 23.3 Å². The van der Waals surface area contributed by atoms with Crippen molar-refractivity contribution in [3.63, 3.8) is 0 Å². The second-order valence-electron chi connectivity index (χ2n) is 6.06. The zero-order chi connectivity index (χ0) is 18.7. The SMILES string of the molecule is COc1ccc(-n2ncc(C(=O)NC3CCCCC3)c2C(F)(F)F)nn1. The molecule has 0 saturated heterocycles. The number of halogens is 3. The van der Waals surface area contributed by atoms with Gasteiger partial charge in [0.1, 0.15) is 0 Å². The summed E-state index contributed by atoms with van der Waals surface area (Å²) in [5.41, 5.74) is -1.70. The lowest BCUT2D eigenvalue weighted by Gasteiger charge is -2.22. The van der Waals surface area contributed by atoms with Crippen molar-refractivity contribution in [2.24, 2.45) is 0 Å². The molecule has 0 radical (unpaired) electrons. The minimum absolute atomic E-state index is 0.110. The van der Waals surface area contributed by atoms with Gasteiger partial charge < -0.3 is 10.1 Å². The molecule has 1 saturated carbocycles. The van der Waals surface area contributed by atoms with E-state index in [-0.39, 0.29) is 17.7 Å². The van der Waals surface area contributed by atoms with E-state index in [1.807, 2.05) is 0 Å². The topological polar surface area (TPSA) is 81.9 Å². The second kappa shape index (κ2) is 7.30. The lowest BCUT2D eigenvalue weighted by molar-refractivity contribution is -0.143. The molecule has 26 heavy (non-hydrogen) atoms. The highest BCUT2D eigenvalue weighted by atomic mass is 19.4. The highest BCUT2D eigenvalue weighted by Crippen LogP contribution is 2.33. The molecule has 0 unspecified atom stereocenters. The van der Waals surface area contributed by atoms with Crippen LogP contribution < -0.4 is 10.1 Å². The molecule has 0 atom stereocenters. The number of carbonyl (C=O) groups excluding carboxylic acids is 1. The Morgan fingerprint density at radius 3 is 2.54 bits per heavy atom. The smallest absolute Gasteiger partial charge is 0.434 e. The molecule has 1 aliphatic carbocycles. The molecule has 1 N–H and O–H groups in total. The van der Waals surface area contributed by atoms with Gasteiger partial charge in [-0.25, -0.2) is 4.68 Å². The highest BCUT2D eigenvalue weighted by molar-refractivity contribution is 5.95. The fourth-order valence-electron chi connectivity index (χ4n) is 3.01. The van der Waals surface area contributed by atoms with Crippen LogP contribution >= 0.6 is 0 Å². The third-order valence-corrected chi connectivity index (χ3v) is 4.27. The van der Waals surface area contributed by atoms with Crippen LogP contribution in [-0.4, -0.2) is 39.0 Å². The molecule has 0 aliphatic heterocycles. The van der Waals surface area contributed by atoms with Gasteiger partial charge in [-0.2, -0.15) is 18.3 Å². The van der Waals surface area contributed by atoms with Gasteiger partial charge in [0.2, 0.25) is 5.88 Å². The number of carbonyl (C=O) groups is 1. The predicted octanol–water partition coefficient (Wildman–Crippen LogP) is 2.75. The number of hydrogen-bond donors (Lipinski definition) is 1. The lowest BCUT2D eigenvalue weighted by Crippen LogP contribution is -2.37. The van der Waals surface area contributed by atoms with Crippen LogP contribution in [0, 0.1) is 0 Å². The standard InChI is InChI=1S/C16H18F3N5O2/c1-26-13-8-7-12(22-23-13)24-14(16(17,18)19)11(9-20-24)15(25)21-10-5-3-2-4-6-10/h7-10H,2-6H2,1H3,(H,21,25). The summed E-state index contributed by atoms with van der Waals surface area (Å²) in [6.45, 7) is 0. The number of aromatic nitrogens is 4. The van der Waals surface area contributed by atoms with Gasteiger partial charge in [-0.05, 0) is 18.9 Å². The summed E-state index contributed by atoms with van der Waals surface area (Å²) in [6, 6.07) is 2.55.